The van der Waals surface area contributed by atoms with E-state index in [2.05, 4.69) is 46.3 Å². The fourth-order valence-electron chi connectivity index (χ4n) is 6.50. The van der Waals surface area contributed by atoms with Crippen LogP contribution in [-0.4, -0.2) is 41.3 Å². The van der Waals surface area contributed by atoms with E-state index >= 15 is 0 Å². The highest BCUT2D eigenvalue weighted by molar-refractivity contribution is 6.35. The van der Waals surface area contributed by atoms with Crippen LogP contribution in [0.4, 0.5) is 0 Å². The lowest BCUT2D eigenvalue weighted by Gasteiger charge is -2.30. The standard InChI is InChI=1S/C36H35Cl2N3O3/c1-43-34-7-3-6-32(36(34)38)30-5-2-4-29-25(8-9-31(29)30)15-26-17-35(44-22-24-14-23(18-39)19-40-20-24)27(16-33(26)37)21-41-12-10-28(42)11-13-41/h2-7,14,16-17,19-20,25,28,42H,8-13,15,21-22H2,1H3/t25-/m1/s1. The van der Waals surface area contributed by atoms with Crippen LogP contribution in [-0.2, 0) is 26.0 Å². The van der Waals surface area contributed by atoms with Gasteiger partial charge >= 0.3 is 0 Å². The van der Waals surface area contributed by atoms with Gasteiger partial charge in [-0.1, -0.05) is 53.5 Å². The Labute approximate surface area is 268 Å². The maximum absolute atomic E-state index is 9.99. The van der Waals surface area contributed by atoms with Crippen molar-refractivity contribution in [1.82, 2.24) is 9.88 Å². The molecule has 1 N–H and O–H groups in total. The van der Waals surface area contributed by atoms with Gasteiger partial charge in [0.1, 0.15) is 24.2 Å². The number of likely N-dealkylation sites (tertiary alicyclic amines) is 1. The Bertz CT molecular complexity index is 1700. The predicted octanol–water partition coefficient (Wildman–Crippen LogP) is 7.74. The van der Waals surface area contributed by atoms with Crippen molar-refractivity contribution >= 4 is 23.2 Å². The quantitative estimate of drug-likeness (QED) is 0.204. The molecule has 44 heavy (non-hydrogen) atoms. The van der Waals surface area contributed by atoms with Gasteiger partial charge in [0.2, 0.25) is 0 Å². The zero-order valence-corrected chi connectivity index (χ0v) is 26.2. The number of nitrogens with zero attached hydrogens (tertiary/aromatic N) is 3. The third-order valence-electron chi connectivity index (χ3n) is 8.83. The summed E-state index contributed by atoms with van der Waals surface area (Å²) in [4.78, 5) is 6.52. The number of hydrogen-bond donors (Lipinski definition) is 1. The number of piperidine rings is 1. The first kappa shape index (κ1) is 30.4. The molecular formula is C36H35Cl2N3O3. The topological polar surface area (TPSA) is 78.6 Å². The number of fused-ring (bicyclic) bond motifs is 1. The Morgan fingerprint density at radius 1 is 0.977 bits per heavy atom. The number of nitriles is 1. The van der Waals surface area contributed by atoms with Gasteiger partial charge in [-0.2, -0.15) is 5.26 Å². The lowest BCUT2D eigenvalue weighted by molar-refractivity contribution is 0.0787. The number of rotatable bonds is 9. The van der Waals surface area contributed by atoms with Crippen LogP contribution in [0.2, 0.25) is 10.0 Å². The average Bonchev–Trinajstić information content (AvgIpc) is 3.46. The molecule has 0 unspecified atom stereocenters. The van der Waals surface area contributed by atoms with E-state index in [1.54, 1.807) is 25.6 Å². The second kappa shape index (κ2) is 13.6. The Morgan fingerprint density at radius 2 is 1.77 bits per heavy atom. The maximum Gasteiger partial charge on any atom is 0.138 e. The van der Waals surface area contributed by atoms with Gasteiger partial charge in [-0.25, -0.2) is 0 Å². The molecule has 0 bridgehead atoms. The molecule has 0 spiro atoms. The fourth-order valence-corrected chi connectivity index (χ4v) is 7.07. The van der Waals surface area contributed by atoms with Gasteiger partial charge in [0.05, 0.1) is 23.8 Å². The highest BCUT2D eigenvalue weighted by Crippen LogP contribution is 2.45. The Hall–Kier alpha value is -3.60. The summed E-state index contributed by atoms with van der Waals surface area (Å²) in [6, 6.07) is 20.5. The molecule has 8 heteroatoms. The molecule has 2 heterocycles. The largest absolute Gasteiger partial charge is 0.495 e. The van der Waals surface area contributed by atoms with Gasteiger partial charge in [-0.15, -0.1) is 0 Å². The minimum absolute atomic E-state index is 0.234. The van der Waals surface area contributed by atoms with Gasteiger partial charge in [0.25, 0.3) is 0 Å². The number of aliphatic hydroxyl groups is 1. The van der Waals surface area contributed by atoms with Crippen molar-refractivity contribution in [2.75, 3.05) is 20.2 Å². The molecule has 6 nitrogen and oxygen atoms in total. The molecule has 3 aromatic carbocycles. The number of ether oxygens (including phenoxy) is 2. The Balaban J connectivity index is 1.28. The van der Waals surface area contributed by atoms with Crippen molar-refractivity contribution in [2.24, 2.45) is 0 Å². The first-order valence-electron chi connectivity index (χ1n) is 15.1. The van der Waals surface area contributed by atoms with E-state index in [-0.39, 0.29) is 6.10 Å². The normalized spacial score (nSPS) is 16.8. The van der Waals surface area contributed by atoms with E-state index in [1.807, 2.05) is 18.2 Å². The third-order valence-corrected chi connectivity index (χ3v) is 9.58. The van der Waals surface area contributed by atoms with Crippen LogP contribution < -0.4 is 9.47 Å². The molecule has 0 amide bonds. The van der Waals surface area contributed by atoms with E-state index in [4.69, 9.17) is 32.7 Å². The van der Waals surface area contributed by atoms with E-state index in [0.717, 1.165) is 83.8 Å². The monoisotopic (exact) mass is 627 g/mol. The molecule has 6 rings (SSSR count). The van der Waals surface area contributed by atoms with Crippen molar-refractivity contribution in [3.05, 3.63) is 110 Å². The molecule has 1 aliphatic heterocycles. The number of pyridine rings is 1. The molecule has 4 aromatic rings. The number of methoxy groups -OCH3 is 1. The highest BCUT2D eigenvalue weighted by Gasteiger charge is 2.28. The second-order valence-electron chi connectivity index (χ2n) is 11.7. The van der Waals surface area contributed by atoms with Gasteiger partial charge in [-0.3, -0.25) is 9.88 Å². The lowest BCUT2D eigenvalue weighted by atomic mass is 9.90. The number of aromatic nitrogens is 1. The molecule has 1 aliphatic carbocycles. The summed E-state index contributed by atoms with van der Waals surface area (Å²) < 4.78 is 11.9. The summed E-state index contributed by atoms with van der Waals surface area (Å²) in [6.45, 7) is 2.64. The molecule has 0 radical (unpaired) electrons. The van der Waals surface area contributed by atoms with Crippen molar-refractivity contribution in [3.8, 4) is 28.7 Å². The van der Waals surface area contributed by atoms with Crippen LogP contribution in [0.25, 0.3) is 11.1 Å². The van der Waals surface area contributed by atoms with Crippen molar-refractivity contribution in [2.45, 2.75) is 57.3 Å². The minimum atomic E-state index is -0.234. The van der Waals surface area contributed by atoms with Gasteiger partial charge < -0.3 is 14.6 Å². The zero-order valence-electron chi connectivity index (χ0n) is 24.7. The SMILES string of the molecule is COc1cccc(-c2cccc3c2CC[C@@H]3Cc2cc(OCc3cncc(C#N)c3)c(CN3CCC(O)CC3)cc2Cl)c1Cl. The summed E-state index contributed by atoms with van der Waals surface area (Å²) >= 11 is 13.7. The van der Waals surface area contributed by atoms with E-state index in [1.165, 1.54) is 11.1 Å². The second-order valence-corrected chi connectivity index (χ2v) is 12.5. The molecule has 1 saturated heterocycles. The molecule has 1 fully saturated rings. The number of halogens is 2. The molecule has 0 saturated carbocycles. The van der Waals surface area contributed by atoms with E-state index in [9.17, 15) is 10.4 Å². The van der Waals surface area contributed by atoms with Crippen LogP contribution in [0.5, 0.6) is 11.5 Å². The van der Waals surface area contributed by atoms with E-state index < -0.39 is 0 Å². The number of benzene rings is 3. The molecule has 226 valence electrons. The lowest BCUT2D eigenvalue weighted by Crippen LogP contribution is -2.35. The summed E-state index contributed by atoms with van der Waals surface area (Å²) in [7, 11) is 1.64. The van der Waals surface area contributed by atoms with Gasteiger partial charge in [0.15, 0.2) is 0 Å². The number of aliphatic hydroxyl groups excluding tert-OH is 1. The van der Waals surface area contributed by atoms with Crippen LogP contribution in [0.3, 0.4) is 0 Å². The molecule has 1 aromatic heterocycles. The highest BCUT2D eigenvalue weighted by atomic mass is 35.5. The van der Waals surface area contributed by atoms with Crippen LogP contribution in [0.15, 0.2) is 67.0 Å². The van der Waals surface area contributed by atoms with Crippen LogP contribution in [0.1, 0.15) is 58.6 Å². The first-order chi connectivity index (χ1) is 21.4. The fraction of sp³-hybridized carbons (Fsp3) is 0.333. The average molecular weight is 629 g/mol. The van der Waals surface area contributed by atoms with Crippen molar-refractivity contribution in [1.29, 1.82) is 5.26 Å². The van der Waals surface area contributed by atoms with Crippen molar-refractivity contribution < 1.29 is 14.6 Å². The third kappa shape index (κ3) is 6.57. The van der Waals surface area contributed by atoms with Crippen LogP contribution in [0, 0.1) is 11.3 Å². The zero-order chi connectivity index (χ0) is 30.6. The molecule has 2 aliphatic rings. The number of hydrogen-bond acceptors (Lipinski definition) is 6. The van der Waals surface area contributed by atoms with E-state index in [0.29, 0.717) is 35.4 Å². The smallest absolute Gasteiger partial charge is 0.138 e. The first-order valence-corrected chi connectivity index (χ1v) is 15.8. The van der Waals surface area contributed by atoms with Crippen molar-refractivity contribution in [3.63, 3.8) is 0 Å². The summed E-state index contributed by atoms with van der Waals surface area (Å²) in [5.41, 5.74) is 8.20. The predicted molar refractivity (Wildman–Crippen MR) is 173 cm³/mol. The summed E-state index contributed by atoms with van der Waals surface area (Å²) in [5.74, 6) is 1.77. The minimum Gasteiger partial charge on any atom is -0.495 e. The Morgan fingerprint density at radius 3 is 2.57 bits per heavy atom. The molecular weight excluding hydrogens is 593 g/mol. The maximum atomic E-state index is 9.99. The van der Waals surface area contributed by atoms with Crippen LogP contribution >= 0.6 is 23.2 Å². The summed E-state index contributed by atoms with van der Waals surface area (Å²) in [6.07, 6.45) is 7.34. The van der Waals surface area contributed by atoms with Gasteiger partial charge in [-0.05, 0) is 84.5 Å². The molecule has 1 atom stereocenters. The Kier molecular flexibility index (Phi) is 9.39. The summed E-state index contributed by atoms with van der Waals surface area (Å²) in [5, 5.41) is 20.7. The van der Waals surface area contributed by atoms with Gasteiger partial charge in [0, 0.05) is 53.7 Å².